The molecule has 0 radical (unpaired) electrons. The summed E-state index contributed by atoms with van der Waals surface area (Å²) in [4.78, 5) is 0. The Morgan fingerprint density at radius 2 is 1.67 bits per heavy atom. The molecule has 1 heterocycles. The minimum Gasteiger partial charge on any atom is -0.508 e. The molecule has 0 amide bonds. The van der Waals surface area contributed by atoms with Gasteiger partial charge in [0, 0.05) is 11.5 Å². The van der Waals surface area contributed by atoms with Crippen molar-refractivity contribution in [3.05, 3.63) is 71.9 Å². The number of aromatic hydroxyl groups is 2. The van der Waals surface area contributed by atoms with Crippen LogP contribution in [-0.2, 0) is 0 Å². The normalized spacial score (nSPS) is 11.0. The van der Waals surface area contributed by atoms with Crippen molar-refractivity contribution in [3.63, 3.8) is 0 Å². The minimum absolute atomic E-state index is 0.0678. The average Bonchev–Trinajstić information content (AvgIpc) is 3.00. The van der Waals surface area contributed by atoms with Crippen LogP contribution in [0.2, 0.25) is 5.02 Å². The van der Waals surface area contributed by atoms with Gasteiger partial charge in [-0.2, -0.15) is 5.10 Å². The molecule has 4 nitrogen and oxygen atoms in total. The maximum absolute atomic E-state index is 9.65. The maximum Gasteiger partial charge on any atom is 0.134 e. The zero-order chi connectivity index (χ0) is 16.7. The molecule has 5 heteroatoms. The minimum atomic E-state index is 0.0678. The monoisotopic (exact) mass is 336 g/mol. The number of phenolic OH excluding ortho intramolecular Hbond substituents is 2. The van der Waals surface area contributed by atoms with Crippen LogP contribution >= 0.6 is 11.6 Å². The van der Waals surface area contributed by atoms with Crippen LogP contribution in [0.4, 0.5) is 0 Å². The SMILES string of the molecule is Oc1cccc(-n2ncc3cc(-c4ccc(O)c(Cl)c4)ccc32)c1. The molecular weight excluding hydrogens is 324 g/mol. The van der Waals surface area contributed by atoms with Crippen molar-refractivity contribution < 1.29 is 10.2 Å². The smallest absolute Gasteiger partial charge is 0.134 e. The fraction of sp³-hybridized carbons (Fsp3) is 0. The van der Waals surface area contributed by atoms with Crippen LogP contribution in [0.1, 0.15) is 0 Å². The van der Waals surface area contributed by atoms with Crippen molar-refractivity contribution in [2.75, 3.05) is 0 Å². The quantitative estimate of drug-likeness (QED) is 0.555. The number of rotatable bonds is 2. The van der Waals surface area contributed by atoms with E-state index in [1.165, 1.54) is 0 Å². The number of benzene rings is 3. The first-order valence-electron chi connectivity index (χ1n) is 7.38. The number of aromatic nitrogens is 2. The fourth-order valence-corrected chi connectivity index (χ4v) is 2.91. The Kier molecular flexibility index (Phi) is 3.40. The van der Waals surface area contributed by atoms with Gasteiger partial charge in [-0.05, 0) is 47.5 Å². The third-order valence-corrected chi connectivity index (χ3v) is 4.23. The molecule has 0 aliphatic heterocycles. The molecule has 1 aromatic heterocycles. The van der Waals surface area contributed by atoms with Gasteiger partial charge in [-0.15, -0.1) is 0 Å². The first kappa shape index (κ1) is 14.6. The number of fused-ring (bicyclic) bond motifs is 1. The second-order valence-electron chi connectivity index (χ2n) is 5.52. The topological polar surface area (TPSA) is 58.3 Å². The van der Waals surface area contributed by atoms with Crippen molar-refractivity contribution >= 4 is 22.5 Å². The van der Waals surface area contributed by atoms with Gasteiger partial charge in [0.15, 0.2) is 0 Å². The van der Waals surface area contributed by atoms with Gasteiger partial charge in [0.05, 0.1) is 22.4 Å². The number of hydrogen-bond acceptors (Lipinski definition) is 3. The lowest BCUT2D eigenvalue weighted by Crippen LogP contribution is -1.95. The molecule has 4 rings (SSSR count). The molecule has 118 valence electrons. The summed E-state index contributed by atoms with van der Waals surface area (Å²) in [6, 6.07) is 18.1. The standard InChI is InChI=1S/C19H13ClN2O2/c20-17-9-13(5-7-19(17)24)12-4-6-18-14(8-12)11-21-22(18)15-2-1-3-16(23)10-15/h1-11,23-24H. The summed E-state index contributed by atoms with van der Waals surface area (Å²) < 4.78 is 1.78. The van der Waals surface area contributed by atoms with Crippen LogP contribution in [-0.4, -0.2) is 20.0 Å². The van der Waals surface area contributed by atoms with Crippen LogP contribution in [0, 0.1) is 0 Å². The van der Waals surface area contributed by atoms with E-state index < -0.39 is 0 Å². The largest absolute Gasteiger partial charge is 0.508 e. The van der Waals surface area contributed by atoms with Crippen LogP contribution in [0.25, 0.3) is 27.7 Å². The molecule has 0 bridgehead atoms. The highest BCUT2D eigenvalue weighted by molar-refractivity contribution is 6.32. The summed E-state index contributed by atoms with van der Waals surface area (Å²) in [7, 11) is 0. The van der Waals surface area contributed by atoms with E-state index in [1.807, 2.05) is 30.3 Å². The summed E-state index contributed by atoms with van der Waals surface area (Å²) in [6.45, 7) is 0. The second-order valence-corrected chi connectivity index (χ2v) is 5.92. The summed E-state index contributed by atoms with van der Waals surface area (Å²) in [5.41, 5.74) is 3.64. The van der Waals surface area contributed by atoms with Crippen LogP contribution < -0.4 is 0 Å². The van der Waals surface area contributed by atoms with Gasteiger partial charge in [-0.25, -0.2) is 4.68 Å². The zero-order valence-electron chi connectivity index (χ0n) is 12.5. The zero-order valence-corrected chi connectivity index (χ0v) is 13.3. The van der Waals surface area contributed by atoms with Gasteiger partial charge >= 0.3 is 0 Å². The van der Waals surface area contributed by atoms with E-state index in [9.17, 15) is 10.2 Å². The Hall–Kier alpha value is -2.98. The van der Waals surface area contributed by atoms with Crippen molar-refractivity contribution in [2.24, 2.45) is 0 Å². The molecule has 3 aromatic carbocycles. The van der Waals surface area contributed by atoms with Crippen molar-refractivity contribution in [3.8, 4) is 28.3 Å². The fourth-order valence-electron chi connectivity index (χ4n) is 2.73. The Morgan fingerprint density at radius 1 is 0.875 bits per heavy atom. The maximum atomic E-state index is 9.65. The molecule has 0 aliphatic rings. The van der Waals surface area contributed by atoms with Crippen LogP contribution in [0.15, 0.2) is 66.9 Å². The third kappa shape index (κ3) is 2.47. The van der Waals surface area contributed by atoms with Gasteiger partial charge in [-0.1, -0.05) is 29.8 Å². The molecule has 24 heavy (non-hydrogen) atoms. The number of hydrogen-bond donors (Lipinski definition) is 2. The number of phenols is 2. The van der Waals surface area contributed by atoms with Crippen molar-refractivity contribution in [1.29, 1.82) is 0 Å². The second kappa shape index (κ2) is 5.58. The molecule has 4 aromatic rings. The molecule has 0 atom stereocenters. The van der Waals surface area contributed by atoms with Crippen LogP contribution in [0.3, 0.4) is 0 Å². The lowest BCUT2D eigenvalue weighted by molar-refractivity contribution is 0.474. The van der Waals surface area contributed by atoms with E-state index >= 15 is 0 Å². The summed E-state index contributed by atoms with van der Waals surface area (Å²) in [5.74, 6) is 0.268. The highest BCUT2D eigenvalue weighted by atomic mass is 35.5. The molecule has 0 spiro atoms. The van der Waals surface area contributed by atoms with E-state index in [1.54, 1.807) is 41.2 Å². The summed E-state index contributed by atoms with van der Waals surface area (Å²) in [6.07, 6.45) is 1.78. The number of nitrogens with zero attached hydrogens (tertiary/aromatic N) is 2. The number of halogens is 1. The Morgan fingerprint density at radius 3 is 2.46 bits per heavy atom. The molecule has 0 aliphatic carbocycles. The highest BCUT2D eigenvalue weighted by Gasteiger charge is 2.08. The third-order valence-electron chi connectivity index (χ3n) is 3.92. The van der Waals surface area contributed by atoms with E-state index in [2.05, 4.69) is 5.10 Å². The highest BCUT2D eigenvalue weighted by Crippen LogP contribution is 2.31. The van der Waals surface area contributed by atoms with E-state index in [4.69, 9.17) is 11.6 Å². The van der Waals surface area contributed by atoms with Crippen molar-refractivity contribution in [1.82, 2.24) is 9.78 Å². The Bertz CT molecular complexity index is 1060. The summed E-state index contributed by atoms with van der Waals surface area (Å²) in [5, 5.41) is 24.9. The lowest BCUT2D eigenvalue weighted by Gasteiger charge is -2.06. The van der Waals surface area contributed by atoms with Gasteiger partial charge in [-0.3, -0.25) is 0 Å². The predicted octanol–water partition coefficient (Wildman–Crippen LogP) is 4.76. The molecule has 0 unspecified atom stereocenters. The van der Waals surface area contributed by atoms with Crippen molar-refractivity contribution in [2.45, 2.75) is 0 Å². The molecular formula is C19H13ClN2O2. The predicted molar refractivity (Wildman–Crippen MR) is 94.8 cm³/mol. The Labute approximate surface area is 143 Å². The molecule has 0 fully saturated rings. The first-order chi connectivity index (χ1) is 11.6. The van der Waals surface area contributed by atoms with Gasteiger partial charge in [0.1, 0.15) is 11.5 Å². The first-order valence-corrected chi connectivity index (χ1v) is 7.76. The lowest BCUT2D eigenvalue weighted by atomic mass is 10.0. The summed E-state index contributed by atoms with van der Waals surface area (Å²) >= 11 is 5.99. The Balaban J connectivity index is 1.82. The van der Waals surface area contributed by atoms with Gasteiger partial charge < -0.3 is 10.2 Å². The molecule has 0 saturated carbocycles. The van der Waals surface area contributed by atoms with E-state index in [0.717, 1.165) is 27.7 Å². The van der Waals surface area contributed by atoms with Crippen LogP contribution in [0.5, 0.6) is 11.5 Å². The average molecular weight is 337 g/mol. The molecule has 0 saturated heterocycles. The van der Waals surface area contributed by atoms with Gasteiger partial charge in [0.25, 0.3) is 0 Å². The van der Waals surface area contributed by atoms with E-state index in [-0.39, 0.29) is 11.5 Å². The molecule has 2 N–H and O–H groups in total. The van der Waals surface area contributed by atoms with E-state index in [0.29, 0.717) is 5.02 Å². The van der Waals surface area contributed by atoms with Gasteiger partial charge in [0.2, 0.25) is 0 Å².